The summed E-state index contributed by atoms with van der Waals surface area (Å²) in [5, 5.41) is 5.60. The van der Waals surface area contributed by atoms with Crippen molar-refractivity contribution in [3.8, 4) is 0 Å². The van der Waals surface area contributed by atoms with Crippen LogP contribution in [0.1, 0.15) is 107 Å². The Bertz CT molecular complexity index is 1490. The molecule has 0 fully saturated rings. The third kappa shape index (κ3) is 16.7. The van der Waals surface area contributed by atoms with Gasteiger partial charge < -0.3 is 29.6 Å². The molecule has 4 amide bonds. The monoisotopic (exact) mass is 801 g/mol. The summed E-state index contributed by atoms with van der Waals surface area (Å²) in [6.45, 7) is 23.7. The van der Waals surface area contributed by atoms with E-state index >= 15 is 0 Å². The first-order valence-electron chi connectivity index (χ1n) is 20.1. The second kappa shape index (κ2) is 23.4. The lowest BCUT2D eigenvalue weighted by molar-refractivity contribution is -0.154. The van der Waals surface area contributed by atoms with Crippen LogP contribution in [0.4, 0.5) is 0 Å². The number of unbranched alkanes of at least 4 members (excludes halogenated alkanes) is 2. The second-order valence-electron chi connectivity index (χ2n) is 17.1. The highest BCUT2D eigenvalue weighted by molar-refractivity contribution is 6.74. The minimum absolute atomic E-state index is 0.00828. The average molecular weight is 801 g/mol. The third-order valence-electron chi connectivity index (χ3n) is 10.7. The van der Waals surface area contributed by atoms with Crippen LogP contribution in [0.25, 0.3) is 0 Å². The van der Waals surface area contributed by atoms with E-state index in [2.05, 4.69) is 44.5 Å². The maximum absolute atomic E-state index is 13.9. The van der Waals surface area contributed by atoms with Crippen molar-refractivity contribution in [2.45, 2.75) is 150 Å². The molecule has 12 nitrogen and oxygen atoms in total. The van der Waals surface area contributed by atoms with Crippen LogP contribution in [0, 0.1) is 11.8 Å². The third-order valence-corrected chi connectivity index (χ3v) is 15.2. The number of allylic oxidation sites excluding steroid dienone is 1. The molecule has 5 atom stereocenters. The number of Topliss-reactive ketones (excluding diaryl/α,β-unsaturated/α-hetero) is 1. The van der Waals surface area contributed by atoms with Gasteiger partial charge in [0.05, 0.1) is 12.6 Å². The predicted octanol–water partition coefficient (Wildman–Crippen LogP) is 6.24. The molecule has 56 heavy (non-hydrogen) atoms. The van der Waals surface area contributed by atoms with Crippen LogP contribution in [0.3, 0.4) is 0 Å². The van der Waals surface area contributed by atoms with Crippen LogP contribution in [0.15, 0.2) is 42.0 Å². The van der Waals surface area contributed by atoms with Crippen LogP contribution < -0.4 is 10.6 Å². The van der Waals surface area contributed by atoms with Gasteiger partial charge in [0.25, 0.3) is 5.91 Å². The number of ketones is 1. The van der Waals surface area contributed by atoms with Gasteiger partial charge in [-0.1, -0.05) is 91.3 Å². The Balaban J connectivity index is 3.04. The number of hydrogen-bond donors (Lipinski definition) is 2. The number of likely N-dealkylation sites (N-methyl/N-ethyl adjacent to an activating group) is 2. The summed E-state index contributed by atoms with van der Waals surface area (Å²) in [4.78, 5) is 82.1. The van der Waals surface area contributed by atoms with Crippen molar-refractivity contribution in [2.24, 2.45) is 11.8 Å². The number of rotatable bonds is 23. The van der Waals surface area contributed by atoms with Crippen molar-refractivity contribution >= 4 is 43.7 Å². The van der Waals surface area contributed by atoms with Gasteiger partial charge in [-0.15, -0.1) is 0 Å². The van der Waals surface area contributed by atoms with Gasteiger partial charge in [-0.25, -0.2) is 4.79 Å². The molecule has 1 aromatic rings. The zero-order valence-corrected chi connectivity index (χ0v) is 37.7. The predicted molar refractivity (Wildman–Crippen MR) is 224 cm³/mol. The van der Waals surface area contributed by atoms with Gasteiger partial charge in [-0.3, -0.25) is 24.0 Å². The molecule has 1 aromatic carbocycles. The topological polar surface area (TPSA) is 151 Å². The molecular formula is C43H72N4O8Si. The van der Waals surface area contributed by atoms with Crippen LogP contribution in [-0.2, 0) is 44.4 Å². The molecule has 0 aliphatic carbocycles. The summed E-state index contributed by atoms with van der Waals surface area (Å²) < 4.78 is 11.9. The Morgan fingerprint density at radius 3 is 2.04 bits per heavy atom. The van der Waals surface area contributed by atoms with Crippen LogP contribution in [-0.4, -0.2) is 105 Å². The van der Waals surface area contributed by atoms with Crippen molar-refractivity contribution in [3.63, 3.8) is 0 Å². The molecule has 0 saturated carbocycles. The number of benzene rings is 1. The van der Waals surface area contributed by atoms with E-state index in [0.717, 1.165) is 18.4 Å². The van der Waals surface area contributed by atoms with Crippen LogP contribution in [0.5, 0.6) is 0 Å². The summed E-state index contributed by atoms with van der Waals surface area (Å²) in [6.07, 6.45) is 4.15. The lowest BCUT2D eigenvalue weighted by atomic mass is 9.96. The molecular weight excluding hydrogens is 729 g/mol. The van der Waals surface area contributed by atoms with Gasteiger partial charge in [0.15, 0.2) is 20.2 Å². The number of ether oxygens (including phenoxy) is 1. The maximum atomic E-state index is 13.9. The van der Waals surface area contributed by atoms with Gasteiger partial charge in [-0.05, 0) is 82.0 Å². The Hall–Kier alpha value is -3.84. The summed E-state index contributed by atoms with van der Waals surface area (Å²) in [6, 6.07) is 6.41. The van der Waals surface area contributed by atoms with E-state index in [9.17, 15) is 28.8 Å². The number of esters is 1. The van der Waals surface area contributed by atoms with E-state index in [-0.39, 0.29) is 42.0 Å². The lowest BCUT2D eigenvalue weighted by Crippen LogP contribution is -2.56. The van der Waals surface area contributed by atoms with Gasteiger partial charge >= 0.3 is 5.97 Å². The number of carbonyl (C=O) groups is 6. The molecule has 0 bridgehead atoms. The van der Waals surface area contributed by atoms with E-state index < -0.39 is 62.1 Å². The molecule has 13 heteroatoms. The fourth-order valence-corrected chi connectivity index (χ4v) is 6.84. The van der Waals surface area contributed by atoms with Crippen molar-refractivity contribution in [2.75, 3.05) is 27.2 Å². The summed E-state index contributed by atoms with van der Waals surface area (Å²) in [5.41, 5.74) is 1.19. The van der Waals surface area contributed by atoms with Crippen molar-refractivity contribution in [1.29, 1.82) is 0 Å². The van der Waals surface area contributed by atoms with E-state index in [1.54, 1.807) is 6.92 Å². The Morgan fingerprint density at radius 2 is 1.50 bits per heavy atom. The minimum Gasteiger partial charge on any atom is -0.449 e. The molecule has 0 aromatic heterocycles. The van der Waals surface area contributed by atoms with Gasteiger partial charge in [0.1, 0.15) is 12.1 Å². The second-order valence-corrected chi connectivity index (χ2v) is 21.9. The summed E-state index contributed by atoms with van der Waals surface area (Å²) >= 11 is 0. The number of carbonyl (C=O) groups excluding carboxylic acids is 6. The molecule has 0 aliphatic rings. The first-order chi connectivity index (χ1) is 25.9. The summed E-state index contributed by atoms with van der Waals surface area (Å²) in [5.74, 6) is -2.97. The van der Waals surface area contributed by atoms with Gasteiger partial charge in [-0.2, -0.15) is 0 Å². The van der Waals surface area contributed by atoms with Crippen molar-refractivity contribution in [3.05, 3.63) is 47.5 Å². The highest BCUT2D eigenvalue weighted by atomic mass is 28.4. The SMILES string of the molecule is CCC(C)[C@H](NC(=O)CN(C)C(=O)[C@@H](Cc1ccccc1)N(C)C(=O)[C@H](C)NC(=O)[C@@H](CC(C)C)OC(=O)/C(C)=C/CCCCO[Si](C)(C)C(C)(C)C)C(C)=O. The highest BCUT2D eigenvalue weighted by Crippen LogP contribution is 2.36. The molecule has 0 radical (unpaired) electrons. The number of hydrogen-bond acceptors (Lipinski definition) is 8. The maximum Gasteiger partial charge on any atom is 0.334 e. The van der Waals surface area contributed by atoms with Crippen LogP contribution >= 0.6 is 0 Å². The molecule has 0 saturated heterocycles. The summed E-state index contributed by atoms with van der Waals surface area (Å²) in [7, 11) is 1.15. The standard InChI is InChI=1S/C43H72N4O8Si/c1-15-30(4)38(33(7)48)45-37(49)28-46(11)41(52)35(27-34-23-19-16-20-24-34)47(12)40(51)32(6)44-39(50)36(26-29(2)3)55-42(53)31(5)22-18-17-21-25-54-56(13,14)43(8,9)10/h16,19-20,22-24,29-30,32,35-36,38H,15,17-18,21,25-28H2,1-14H3,(H,44,50)(H,45,49)/b31-22+/t30?,32-,35+,36+,38-/m0/s1. The first-order valence-corrected chi connectivity index (χ1v) is 23.0. The lowest BCUT2D eigenvalue weighted by Gasteiger charge is -2.36. The number of nitrogens with one attached hydrogen (secondary N) is 2. The Morgan fingerprint density at radius 1 is 0.893 bits per heavy atom. The van der Waals surface area contributed by atoms with E-state index in [4.69, 9.17) is 9.16 Å². The Labute approximate surface area is 338 Å². The highest BCUT2D eigenvalue weighted by Gasteiger charge is 2.37. The smallest absolute Gasteiger partial charge is 0.334 e. The van der Waals surface area contributed by atoms with Crippen molar-refractivity contribution in [1.82, 2.24) is 20.4 Å². The van der Waals surface area contributed by atoms with Crippen LogP contribution in [0.2, 0.25) is 18.1 Å². The normalized spacial score (nSPS) is 14.9. The number of amides is 4. The molecule has 0 aliphatic heterocycles. The molecule has 316 valence electrons. The quantitative estimate of drug-likeness (QED) is 0.0572. The van der Waals surface area contributed by atoms with Crippen molar-refractivity contribution < 1.29 is 37.9 Å². The van der Waals surface area contributed by atoms with E-state index in [1.807, 2.05) is 64.1 Å². The zero-order chi connectivity index (χ0) is 43.0. The average Bonchev–Trinajstić information content (AvgIpc) is 3.11. The largest absolute Gasteiger partial charge is 0.449 e. The first kappa shape index (κ1) is 50.2. The van der Waals surface area contributed by atoms with E-state index in [0.29, 0.717) is 25.0 Å². The molecule has 2 N–H and O–H groups in total. The van der Waals surface area contributed by atoms with Gasteiger partial charge in [0.2, 0.25) is 17.7 Å². The minimum atomic E-state index is -1.81. The zero-order valence-electron chi connectivity index (χ0n) is 36.7. The fourth-order valence-electron chi connectivity index (χ4n) is 5.75. The Kier molecular flexibility index (Phi) is 21.0. The molecule has 0 spiro atoms. The molecule has 1 unspecified atom stereocenters. The van der Waals surface area contributed by atoms with Gasteiger partial charge in [0, 0.05) is 32.7 Å². The molecule has 0 heterocycles. The number of nitrogens with zero attached hydrogens (tertiary/aromatic N) is 2. The van der Waals surface area contributed by atoms with E-state index in [1.165, 1.54) is 37.7 Å². The molecule has 1 rings (SSSR count). The fraction of sp³-hybridized carbons (Fsp3) is 0.674.